The van der Waals surface area contributed by atoms with E-state index < -0.39 is 11.0 Å². The fraction of sp³-hybridized carbons (Fsp3) is 0.444. The molecular weight excluding hydrogens is 442 g/mol. The normalized spacial score (nSPS) is 32.1. The van der Waals surface area contributed by atoms with Crippen LogP contribution >= 0.6 is 0 Å². The van der Waals surface area contributed by atoms with E-state index in [2.05, 4.69) is 14.9 Å². The maximum Gasteiger partial charge on any atom is 0.191 e. The molecular formula is C27H29N5O3. The van der Waals surface area contributed by atoms with Crippen LogP contribution < -0.4 is 16.2 Å². The number of fused-ring (bicyclic) bond motifs is 4. The molecule has 35 heavy (non-hydrogen) atoms. The number of phenols is 1. The van der Waals surface area contributed by atoms with Gasteiger partial charge in [0.25, 0.3) is 0 Å². The van der Waals surface area contributed by atoms with Crippen LogP contribution in [0.3, 0.4) is 0 Å². The lowest BCUT2D eigenvalue weighted by atomic mass is 9.49. The summed E-state index contributed by atoms with van der Waals surface area (Å²) in [6, 6.07) is 9.64. The number of aliphatic imine (C=N–C) groups is 1. The fourth-order valence-corrected chi connectivity index (χ4v) is 7.83. The van der Waals surface area contributed by atoms with Crippen LogP contribution in [-0.4, -0.2) is 50.8 Å². The zero-order valence-corrected chi connectivity index (χ0v) is 19.4. The molecule has 3 aromatic rings. The second-order valence-electron chi connectivity index (χ2n) is 11.2. The number of likely N-dealkylation sites (tertiary alicyclic amines) is 1. The number of aliphatic hydroxyl groups is 1. The second-order valence-corrected chi connectivity index (χ2v) is 11.2. The third-order valence-corrected chi connectivity index (χ3v) is 9.40. The quantitative estimate of drug-likeness (QED) is 0.294. The Morgan fingerprint density at radius 3 is 2.89 bits per heavy atom. The lowest BCUT2D eigenvalue weighted by molar-refractivity contribution is -0.173. The number of benzene rings is 2. The highest BCUT2D eigenvalue weighted by molar-refractivity contribution is 5.90. The molecule has 2 bridgehead atoms. The molecule has 1 aromatic heterocycles. The minimum Gasteiger partial charge on any atom is -0.504 e. The number of hydrogen-bond donors (Lipinski definition) is 5. The smallest absolute Gasteiger partial charge is 0.191 e. The van der Waals surface area contributed by atoms with Crippen molar-refractivity contribution in [2.24, 2.45) is 22.4 Å². The molecule has 2 aliphatic heterocycles. The van der Waals surface area contributed by atoms with Gasteiger partial charge >= 0.3 is 0 Å². The summed E-state index contributed by atoms with van der Waals surface area (Å²) in [6.07, 6.45) is 4.27. The van der Waals surface area contributed by atoms with Crippen LogP contribution in [0.5, 0.6) is 11.5 Å². The molecule has 1 saturated heterocycles. The van der Waals surface area contributed by atoms with Crippen LogP contribution in [-0.2, 0) is 18.3 Å². The summed E-state index contributed by atoms with van der Waals surface area (Å²) in [4.78, 5) is 10.4. The monoisotopic (exact) mass is 471 g/mol. The molecule has 1 spiro atoms. The Morgan fingerprint density at radius 2 is 2.09 bits per heavy atom. The van der Waals surface area contributed by atoms with E-state index in [9.17, 15) is 10.2 Å². The molecule has 3 heterocycles. The second kappa shape index (κ2) is 6.30. The molecule has 0 unspecified atom stereocenters. The number of aromatic hydroxyl groups is 1. The van der Waals surface area contributed by atoms with Crippen molar-refractivity contribution < 1.29 is 14.9 Å². The van der Waals surface area contributed by atoms with E-state index in [4.69, 9.17) is 16.2 Å². The number of nitrogens with one attached hydrogen (secondary N) is 1. The average Bonchev–Trinajstić information content (AvgIpc) is 3.46. The number of aromatic nitrogens is 1. The summed E-state index contributed by atoms with van der Waals surface area (Å²) < 4.78 is 6.63. The molecule has 180 valence electrons. The number of nitrogens with zero attached hydrogens (tertiary/aromatic N) is 2. The highest BCUT2D eigenvalue weighted by Gasteiger charge is 2.72. The molecule has 2 aromatic carbocycles. The lowest BCUT2D eigenvalue weighted by Crippen LogP contribution is -2.74. The van der Waals surface area contributed by atoms with Gasteiger partial charge in [-0.3, -0.25) is 4.90 Å². The molecule has 5 aliphatic rings. The number of phenolic OH excluding ortho intramolecular Hbond substituents is 1. The van der Waals surface area contributed by atoms with E-state index in [-0.39, 0.29) is 23.9 Å². The lowest BCUT2D eigenvalue weighted by Gasteiger charge is -2.62. The van der Waals surface area contributed by atoms with Crippen molar-refractivity contribution >= 4 is 22.5 Å². The predicted octanol–water partition coefficient (Wildman–Crippen LogP) is 2.48. The van der Waals surface area contributed by atoms with Gasteiger partial charge < -0.3 is 31.4 Å². The number of ether oxygens (including phenoxy) is 1. The van der Waals surface area contributed by atoms with E-state index >= 15 is 0 Å². The van der Waals surface area contributed by atoms with E-state index in [0.29, 0.717) is 17.9 Å². The number of hydrogen-bond acceptors (Lipinski definition) is 5. The summed E-state index contributed by atoms with van der Waals surface area (Å²) in [5.41, 5.74) is 15.6. The van der Waals surface area contributed by atoms with Gasteiger partial charge in [-0.15, -0.1) is 0 Å². The van der Waals surface area contributed by atoms with Gasteiger partial charge in [0.15, 0.2) is 23.6 Å². The van der Waals surface area contributed by atoms with E-state index in [1.807, 2.05) is 24.3 Å². The zero-order chi connectivity index (χ0) is 23.7. The van der Waals surface area contributed by atoms with Crippen molar-refractivity contribution in [3.05, 3.63) is 52.7 Å². The molecule has 2 fully saturated rings. The first-order valence-corrected chi connectivity index (χ1v) is 12.6. The van der Waals surface area contributed by atoms with Gasteiger partial charge in [-0.25, -0.2) is 4.99 Å². The van der Waals surface area contributed by atoms with Crippen LogP contribution in [0.1, 0.15) is 47.8 Å². The topological polar surface area (TPSA) is 133 Å². The van der Waals surface area contributed by atoms with Crippen molar-refractivity contribution in [1.82, 2.24) is 9.88 Å². The number of H-pyrrole nitrogens is 1. The Hall–Kier alpha value is -3.23. The van der Waals surface area contributed by atoms with Crippen molar-refractivity contribution in [2.75, 3.05) is 13.1 Å². The van der Waals surface area contributed by atoms with Crippen molar-refractivity contribution in [3.63, 3.8) is 0 Å². The van der Waals surface area contributed by atoms with Crippen LogP contribution in [0.4, 0.5) is 5.69 Å². The third-order valence-electron chi connectivity index (χ3n) is 9.40. The summed E-state index contributed by atoms with van der Waals surface area (Å²) in [5.74, 6) is 1.46. The Bertz CT molecular complexity index is 1450. The van der Waals surface area contributed by atoms with Gasteiger partial charge in [0.2, 0.25) is 0 Å². The Morgan fingerprint density at radius 1 is 1.23 bits per heavy atom. The number of piperidine rings is 1. The standard InChI is InChI=1S/C27H29N5O3/c28-25(29)30-15-4-5-18-16(10-15)17-11-27(34)20-9-14-3-6-19(33)23-21(14)26(27,24(35-23)22(17)31-18)7-8-32(20)12-13-1-2-13/h3-6,10,13,20,24,31,33-34H,1-2,7-9,11-12H2,(H4,28,29,30)/t20-,24+,26-,27+/m1/s1. The molecule has 1 saturated carbocycles. The maximum absolute atomic E-state index is 12.9. The van der Waals surface area contributed by atoms with Crippen molar-refractivity contribution in [1.29, 1.82) is 0 Å². The minimum absolute atomic E-state index is 0.00457. The van der Waals surface area contributed by atoms with E-state index in [0.717, 1.165) is 59.6 Å². The molecule has 8 heteroatoms. The summed E-state index contributed by atoms with van der Waals surface area (Å²) in [5, 5.41) is 24.7. The molecule has 4 atom stereocenters. The third kappa shape index (κ3) is 2.37. The maximum atomic E-state index is 12.9. The number of aromatic amines is 1. The van der Waals surface area contributed by atoms with E-state index in [1.54, 1.807) is 6.07 Å². The van der Waals surface area contributed by atoms with Crippen LogP contribution in [0.15, 0.2) is 35.3 Å². The van der Waals surface area contributed by atoms with Gasteiger partial charge in [-0.2, -0.15) is 0 Å². The predicted molar refractivity (Wildman–Crippen MR) is 132 cm³/mol. The Labute approximate surface area is 202 Å². The molecule has 0 amide bonds. The summed E-state index contributed by atoms with van der Waals surface area (Å²) >= 11 is 0. The first-order valence-electron chi connectivity index (χ1n) is 12.6. The molecule has 8 nitrogen and oxygen atoms in total. The molecule has 3 aliphatic carbocycles. The van der Waals surface area contributed by atoms with Crippen LogP contribution in [0.2, 0.25) is 0 Å². The molecule has 8 rings (SSSR count). The van der Waals surface area contributed by atoms with Gasteiger partial charge in [0.05, 0.1) is 22.4 Å². The Kier molecular flexibility index (Phi) is 3.60. The van der Waals surface area contributed by atoms with Gasteiger partial charge in [0, 0.05) is 35.5 Å². The fourth-order valence-electron chi connectivity index (χ4n) is 7.83. The highest BCUT2D eigenvalue weighted by Crippen LogP contribution is 2.69. The highest BCUT2D eigenvalue weighted by atomic mass is 16.5. The van der Waals surface area contributed by atoms with Crippen LogP contribution in [0.25, 0.3) is 10.9 Å². The van der Waals surface area contributed by atoms with Crippen LogP contribution in [0, 0.1) is 5.92 Å². The van der Waals surface area contributed by atoms with Crippen molar-refractivity contribution in [2.45, 2.75) is 55.3 Å². The Balaban J connectivity index is 1.38. The van der Waals surface area contributed by atoms with Gasteiger partial charge in [-0.1, -0.05) is 6.07 Å². The first-order chi connectivity index (χ1) is 16.9. The number of nitrogens with two attached hydrogens (primary N) is 2. The minimum atomic E-state index is -1.01. The van der Waals surface area contributed by atoms with Gasteiger partial charge in [0.1, 0.15) is 0 Å². The number of rotatable bonds is 3. The van der Waals surface area contributed by atoms with E-state index in [1.165, 1.54) is 18.4 Å². The first kappa shape index (κ1) is 20.0. The molecule has 7 N–H and O–H groups in total. The SMILES string of the molecule is NC(N)=Nc1ccc2[nH]c3c(c2c1)C[C@]1(O)[C@H]2Cc4ccc(O)c5c4[C@]1(CCN2CC1CC1)[C@H]3O5. The summed E-state index contributed by atoms with van der Waals surface area (Å²) in [6.45, 7) is 1.98. The number of guanidine groups is 1. The zero-order valence-electron chi connectivity index (χ0n) is 19.4. The van der Waals surface area contributed by atoms with Gasteiger partial charge in [-0.05, 0) is 73.5 Å². The summed E-state index contributed by atoms with van der Waals surface area (Å²) in [7, 11) is 0. The largest absolute Gasteiger partial charge is 0.504 e. The molecule has 0 radical (unpaired) electrons. The van der Waals surface area contributed by atoms with Crippen molar-refractivity contribution in [3.8, 4) is 11.5 Å². The average molecular weight is 472 g/mol.